The van der Waals surface area contributed by atoms with Crippen LogP contribution in [0.4, 0.5) is 11.4 Å². The van der Waals surface area contributed by atoms with Crippen LogP contribution in [-0.2, 0) is 14.8 Å². The zero-order valence-corrected chi connectivity index (χ0v) is 16.3. The Kier molecular flexibility index (Phi) is 6.45. The Morgan fingerprint density at radius 2 is 1.67 bits per heavy atom. The summed E-state index contributed by atoms with van der Waals surface area (Å²) in [6.07, 6.45) is 1.26. The Morgan fingerprint density at radius 1 is 1.11 bits per heavy atom. The number of carboxylic acids is 1. The number of carbonyl (C=O) groups excluding carboxylic acids is 1. The van der Waals surface area contributed by atoms with Crippen molar-refractivity contribution in [2.75, 3.05) is 15.9 Å². The molecular weight excluding hydrogens is 392 g/mol. The molecule has 2 aromatic rings. The van der Waals surface area contributed by atoms with Crippen LogP contribution in [0.1, 0.15) is 23.7 Å². The number of anilines is 2. The van der Waals surface area contributed by atoms with Crippen LogP contribution in [0.3, 0.4) is 0 Å². The third kappa shape index (κ3) is 5.21. The molecule has 2 rings (SSSR count). The largest absolute Gasteiger partial charge is 0.478 e. The topological polar surface area (TPSA) is 104 Å². The molecule has 1 amide bonds. The van der Waals surface area contributed by atoms with Crippen molar-refractivity contribution in [1.82, 2.24) is 0 Å². The van der Waals surface area contributed by atoms with Gasteiger partial charge in [0.15, 0.2) is 0 Å². The maximum Gasteiger partial charge on any atom is 0.335 e. The Bertz CT molecular complexity index is 927. The van der Waals surface area contributed by atoms with Crippen molar-refractivity contribution in [3.63, 3.8) is 0 Å². The van der Waals surface area contributed by atoms with Gasteiger partial charge in [-0.2, -0.15) is 0 Å². The van der Waals surface area contributed by atoms with Gasteiger partial charge in [-0.25, -0.2) is 13.2 Å². The van der Waals surface area contributed by atoms with Crippen LogP contribution in [0, 0.1) is 0 Å². The molecule has 0 unspecified atom stereocenters. The van der Waals surface area contributed by atoms with Gasteiger partial charge >= 0.3 is 5.97 Å². The SMILES string of the molecule is CC[C@H](C(=O)Nc1ccc(C(=O)O)cc1)N(c1ccc(Cl)cc1)S(C)(=O)=O. The van der Waals surface area contributed by atoms with Gasteiger partial charge < -0.3 is 10.4 Å². The van der Waals surface area contributed by atoms with E-state index in [-0.39, 0.29) is 12.0 Å². The predicted octanol–water partition coefficient (Wildman–Crippen LogP) is 3.22. The predicted molar refractivity (Wildman–Crippen MR) is 105 cm³/mol. The smallest absolute Gasteiger partial charge is 0.335 e. The van der Waals surface area contributed by atoms with Crippen molar-refractivity contribution in [3.05, 3.63) is 59.1 Å². The second-order valence-electron chi connectivity index (χ2n) is 5.83. The molecule has 0 radical (unpaired) electrons. The van der Waals surface area contributed by atoms with E-state index < -0.39 is 27.9 Å². The van der Waals surface area contributed by atoms with Gasteiger partial charge in [0.1, 0.15) is 6.04 Å². The van der Waals surface area contributed by atoms with Crippen molar-refractivity contribution < 1.29 is 23.1 Å². The van der Waals surface area contributed by atoms with E-state index in [1.165, 1.54) is 36.4 Å². The quantitative estimate of drug-likeness (QED) is 0.729. The molecule has 0 saturated carbocycles. The summed E-state index contributed by atoms with van der Waals surface area (Å²) in [5.74, 6) is -1.61. The van der Waals surface area contributed by atoms with Crippen molar-refractivity contribution in [1.29, 1.82) is 0 Å². The highest BCUT2D eigenvalue weighted by molar-refractivity contribution is 7.92. The molecule has 0 fully saturated rings. The fourth-order valence-corrected chi connectivity index (χ4v) is 3.91. The number of nitrogens with one attached hydrogen (secondary N) is 1. The number of benzene rings is 2. The Morgan fingerprint density at radius 3 is 2.11 bits per heavy atom. The summed E-state index contributed by atoms with van der Waals surface area (Å²) in [5, 5.41) is 12.0. The van der Waals surface area contributed by atoms with Gasteiger partial charge in [-0.05, 0) is 55.0 Å². The molecule has 2 aromatic carbocycles. The van der Waals surface area contributed by atoms with E-state index in [0.717, 1.165) is 10.6 Å². The van der Waals surface area contributed by atoms with E-state index in [1.807, 2.05) is 0 Å². The van der Waals surface area contributed by atoms with Gasteiger partial charge in [-0.1, -0.05) is 18.5 Å². The van der Waals surface area contributed by atoms with Gasteiger partial charge in [0, 0.05) is 10.7 Å². The zero-order chi connectivity index (χ0) is 20.2. The molecule has 0 bridgehead atoms. The van der Waals surface area contributed by atoms with Crippen molar-refractivity contribution >= 4 is 44.9 Å². The summed E-state index contributed by atoms with van der Waals surface area (Å²) >= 11 is 5.86. The normalized spacial score (nSPS) is 12.3. The second-order valence-corrected chi connectivity index (χ2v) is 8.13. The first-order chi connectivity index (χ1) is 12.6. The first kappa shape index (κ1) is 20.7. The molecule has 2 N–H and O–H groups in total. The summed E-state index contributed by atoms with van der Waals surface area (Å²) in [6, 6.07) is 10.8. The summed E-state index contributed by atoms with van der Waals surface area (Å²) in [7, 11) is -3.75. The van der Waals surface area contributed by atoms with Gasteiger partial charge in [-0.3, -0.25) is 9.10 Å². The van der Waals surface area contributed by atoms with E-state index in [2.05, 4.69) is 5.32 Å². The van der Waals surface area contributed by atoms with E-state index in [1.54, 1.807) is 19.1 Å². The van der Waals surface area contributed by atoms with Crippen LogP contribution in [0.15, 0.2) is 48.5 Å². The lowest BCUT2D eigenvalue weighted by molar-refractivity contribution is -0.117. The number of halogens is 1. The molecule has 9 heteroatoms. The lowest BCUT2D eigenvalue weighted by Crippen LogP contribution is -2.47. The number of aromatic carboxylic acids is 1. The Labute approximate surface area is 162 Å². The third-order valence-electron chi connectivity index (χ3n) is 3.81. The molecule has 7 nitrogen and oxygen atoms in total. The molecule has 1 atom stereocenters. The van der Waals surface area contributed by atoms with Crippen LogP contribution >= 0.6 is 11.6 Å². The minimum Gasteiger partial charge on any atom is -0.478 e. The van der Waals surface area contributed by atoms with Gasteiger partial charge in [-0.15, -0.1) is 0 Å². The van der Waals surface area contributed by atoms with E-state index >= 15 is 0 Å². The summed E-state index contributed by atoms with van der Waals surface area (Å²) in [6.45, 7) is 1.70. The summed E-state index contributed by atoms with van der Waals surface area (Å²) in [4.78, 5) is 23.6. The van der Waals surface area contributed by atoms with E-state index in [4.69, 9.17) is 16.7 Å². The molecule has 27 heavy (non-hydrogen) atoms. The number of rotatable bonds is 7. The molecule has 0 spiro atoms. The molecule has 0 aromatic heterocycles. The molecule has 0 aliphatic heterocycles. The van der Waals surface area contributed by atoms with Crippen molar-refractivity contribution in [2.24, 2.45) is 0 Å². The van der Waals surface area contributed by atoms with Crippen molar-refractivity contribution in [3.8, 4) is 0 Å². The standard InChI is InChI=1S/C18H19ClN2O5S/c1-3-16(17(22)20-14-8-4-12(5-9-14)18(23)24)21(27(2,25)26)15-10-6-13(19)7-11-15/h4-11,16H,3H2,1-2H3,(H,20,22)(H,23,24)/t16-/m1/s1. The molecule has 0 saturated heterocycles. The van der Waals surface area contributed by atoms with Gasteiger partial charge in [0.25, 0.3) is 0 Å². The molecule has 144 valence electrons. The molecule has 0 aliphatic carbocycles. The Balaban J connectivity index is 2.31. The van der Waals surface area contributed by atoms with Crippen LogP contribution in [0.25, 0.3) is 0 Å². The molecule has 0 aliphatic rings. The second kappa shape index (κ2) is 8.41. The average Bonchev–Trinajstić information content (AvgIpc) is 2.60. The minimum absolute atomic E-state index is 0.0824. The number of carbonyl (C=O) groups is 2. The van der Waals surface area contributed by atoms with Crippen molar-refractivity contribution in [2.45, 2.75) is 19.4 Å². The lowest BCUT2D eigenvalue weighted by Gasteiger charge is -2.30. The number of amides is 1. The monoisotopic (exact) mass is 410 g/mol. The third-order valence-corrected chi connectivity index (χ3v) is 5.24. The van der Waals surface area contributed by atoms with Crippen LogP contribution in [0.2, 0.25) is 5.02 Å². The summed E-state index contributed by atoms with van der Waals surface area (Å²) in [5.41, 5.74) is 0.775. The average molecular weight is 411 g/mol. The molecule has 0 heterocycles. The van der Waals surface area contributed by atoms with E-state index in [9.17, 15) is 18.0 Å². The van der Waals surface area contributed by atoms with Crippen LogP contribution in [0.5, 0.6) is 0 Å². The maximum atomic E-state index is 12.7. The number of carboxylic acid groups (broad SMARTS) is 1. The summed E-state index contributed by atoms with van der Waals surface area (Å²) < 4.78 is 25.7. The fraction of sp³-hybridized carbons (Fsp3) is 0.222. The van der Waals surface area contributed by atoms with Crippen LogP contribution < -0.4 is 9.62 Å². The highest BCUT2D eigenvalue weighted by atomic mass is 35.5. The number of hydrogen-bond acceptors (Lipinski definition) is 4. The number of sulfonamides is 1. The highest BCUT2D eigenvalue weighted by Crippen LogP contribution is 2.25. The molecular formula is C18H19ClN2O5S. The van der Waals surface area contributed by atoms with Gasteiger partial charge in [0.05, 0.1) is 17.5 Å². The minimum atomic E-state index is -3.75. The number of hydrogen-bond donors (Lipinski definition) is 2. The maximum absolute atomic E-state index is 12.7. The fourth-order valence-electron chi connectivity index (χ4n) is 2.57. The zero-order valence-electron chi connectivity index (χ0n) is 14.7. The number of nitrogens with zero attached hydrogens (tertiary/aromatic N) is 1. The van der Waals surface area contributed by atoms with Crippen LogP contribution in [-0.4, -0.2) is 37.7 Å². The first-order valence-electron chi connectivity index (χ1n) is 8.02. The van der Waals surface area contributed by atoms with E-state index in [0.29, 0.717) is 16.4 Å². The highest BCUT2D eigenvalue weighted by Gasteiger charge is 2.31. The van der Waals surface area contributed by atoms with Gasteiger partial charge in [0.2, 0.25) is 15.9 Å². The Hall–Kier alpha value is -2.58. The first-order valence-corrected chi connectivity index (χ1v) is 10.2. The lowest BCUT2D eigenvalue weighted by atomic mass is 10.1.